The standard InChI is InChI=1S/C15H17ClN4O2/c1-20-5-4-17-8-11(20)14-18-15(22-19-14)13-7-9-6-10(16)2-3-12(9)21-13/h2-3,6,11,13,17H,4-5,7-8H2,1H3. The van der Waals surface area contributed by atoms with Crippen LogP contribution in [0, 0.1) is 0 Å². The fourth-order valence-corrected chi connectivity index (χ4v) is 3.16. The number of fused-ring (bicyclic) bond motifs is 1. The summed E-state index contributed by atoms with van der Waals surface area (Å²) in [5.41, 5.74) is 1.08. The fourth-order valence-electron chi connectivity index (χ4n) is 2.96. The third kappa shape index (κ3) is 2.47. The SMILES string of the molecule is CN1CCNCC1c1noc(C2Cc3cc(Cl)ccc3O2)n1. The molecule has 0 bridgehead atoms. The Balaban J connectivity index is 1.53. The Hall–Kier alpha value is -1.63. The Kier molecular flexibility index (Phi) is 3.52. The van der Waals surface area contributed by atoms with Crippen molar-refractivity contribution in [1.29, 1.82) is 0 Å². The highest BCUT2D eigenvalue weighted by Crippen LogP contribution is 2.37. The molecule has 0 saturated carbocycles. The number of aromatic nitrogens is 2. The van der Waals surface area contributed by atoms with Crippen LogP contribution in [0.4, 0.5) is 0 Å². The Labute approximate surface area is 133 Å². The summed E-state index contributed by atoms with van der Waals surface area (Å²) in [5.74, 6) is 2.08. The van der Waals surface area contributed by atoms with E-state index < -0.39 is 0 Å². The van der Waals surface area contributed by atoms with E-state index in [1.54, 1.807) is 0 Å². The number of hydrogen-bond acceptors (Lipinski definition) is 6. The van der Waals surface area contributed by atoms with Crippen LogP contribution in [-0.4, -0.2) is 41.7 Å². The summed E-state index contributed by atoms with van der Waals surface area (Å²) in [6, 6.07) is 5.77. The summed E-state index contributed by atoms with van der Waals surface area (Å²) < 4.78 is 11.3. The molecule has 1 N–H and O–H groups in total. The molecule has 2 atom stereocenters. The molecular weight excluding hydrogens is 304 g/mol. The molecule has 2 aromatic rings. The first-order valence-electron chi connectivity index (χ1n) is 7.40. The summed E-state index contributed by atoms with van der Waals surface area (Å²) in [7, 11) is 2.07. The molecule has 0 aliphatic carbocycles. The van der Waals surface area contributed by atoms with Crippen molar-refractivity contribution in [1.82, 2.24) is 20.4 Å². The second kappa shape index (κ2) is 5.53. The molecule has 22 heavy (non-hydrogen) atoms. The van der Waals surface area contributed by atoms with Gasteiger partial charge in [0.15, 0.2) is 11.9 Å². The summed E-state index contributed by atoms with van der Waals surface area (Å²) >= 11 is 6.02. The van der Waals surface area contributed by atoms with Crippen molar-refractivity contribution in [3.8, 4) is 5.75 Å². The van der Waals surface area contributed by atoms with Crippen LogP contribution in [0.1, 0.15) is 29.4 Å². The predicted octanol–water partition coefficient (Wildman–Crippen LogP) is 1.98. The van der Waals surface area contributed by atoms with Gasteiger partial charge in [-0.3, -0.25) is 4.90 Å². The second-order valence-corrected chi connectivity index (χ2v) is 6.19. The van der Waals surface area contributed by atoms with E-state index in [0.717, 1.165) is 30.9 Å². The van der Waals surface area contributed by atoms with Crippen molar-refractivity contribution in [2.75, 3.05) is 26.7 Å². The maximum Gasteiger partial charge on any atom is 0.268 e. The van der Waals surface area contributed by atoms with E-state index >= 15 is 0 Å². The van der Waals surface area contributed by atoms with Crippen molar-refractivity contribution in [2.45, 2.75) is 18.6 Å². The van der Waals surface area contributed by atoms with E-state index in [2.05, 4.69) is 27.4 Å². The molecule has 2 unspecified atom stereocenters. The van der Waals surface area contributed by atoms with Crippen LogP contribution in [0.15, 0.2) is 22.7 Å². The Bertz CT molecular complexity index is 690. The summed E-state index contributed by atoms with van der Waals surface area (Å²) in [6.07, 6.45) is 0.479. The van der Waals surface area contributed by atoms with Crippen molar-refractivity contribution in [3.63, 3.8) is 0 Å². The van der Waals surface area contributed by atoms with E-state index in [-0.39, 0.29) is 12.1 Å². The average molecular weight is 321 g/mol. The van der Waals surface area contributed by atoms with E-state index in [9.17, 15) is 0 Å². The first-order chi connectivity index (χ1) is 10.7. The minimum Gasteiger partial charge on any atom is -0.480 e. The largest absolute Gasteiger partial charge is 0.480 e. The third-order valence-corrected chi connectivity index (χ3v) is 4.47. The third-order valence-electron chi connectivity index (χ3n) is 4.24. The minimum absolute atomic E-state index is 0.143. The van der Waals surface area contributed by atoms with Crippen LogP contribution in [0.3, 0.4) is 0 Å². The molecule has 0 amide bonds. The van der Waals surface area contributed by atoms with E-state index in [1.165, 1.54) is 0 Å². The lowest BCUT2D eigenvalue weighted by Crippen LogP contribution is -2.44. The first kappa shape index (κ1) is 14.0. The molecule has 0 spiro atoms. The molecule has 1 aromatic heterocycles. The topological polar surface area (TPSA) is 63.4 Å². The number of nitrogens with zero attached hydrogens (tertiary/aromatic N) is 3. The molecule has 2 aliphatic rings. The van der Waals surface area contributed by atoms with Gasteiger partial charge in [0.1, 0.15) is 5.75 Å². The molecule has 2 aliphatic heterocycles. The monoisotopic (exact) mass is 320 g/mol. The lowest BCUT2D eigenvalue weighted by atomic mass is 10.1. The molecular formula is C15H17ClN4O2. The van der Waals surface area contributed by atoms with Crippen LogP contribution in [0.2, 0.25) is 5.02 Å². The number of halogens is 1. The Morgan fingerprint density at radius 2 is 2.32 bits per heavy atom. The van der Waals surface area contributed by atoms with Gasteiger partial charge in [-0.15, -0.1) is 0 Å². The highest BCUT2D eigenvalue weighted by atomic mass is 35.5. The Morgan fingerprint density at radius 3 is 3.18 bits per heavy atom. The number of ether oxygens (including phenoxy) is 1. The number of piperazine rings is 1. The lowest BCUT2D eigenvalue weighted by Gasteiger charge is -2.30. The Morgan fingerprint density at radius 1 is 1.41 bits per heavy atom. The summed E-state index contributed by atoms with van der Waals surface area (Å²) in [5, 5.41) is 8.21. The van der Waals surface area contributed by atoms with Crippen LogP contribution in [0.25, 0.3) is 0 Å². The number of likely N-dealkylation sites (N-methyl/N-ethyl adjacent to an activating group) is 1. The maximum absolute atomic E-state index is 6.02. The van der Waals surface area contributed by atoms with Gasteiger partial charge in [-0.1, -0.05) is 16.8 Å². The van der Waals surface area contributed by atoms with Gasteiger partial charge in [0.05, 0.1) is 6.04 Å². The highest BCUT2D eigenvalue weighted by molar-refractivity contribution is 6.30. The van der Waals surface area contributed by atoms with Gasteiger partial charge < -0.3 is 14.6 Å². The fraction of sp³-hybridized carbons (Fsp3) is 0.467. The lowest BCUT2D eigenvalue weighted by molar-refractivity contribution is 0.179. The van der Waals surface area contributed by atoms with Crippen molar-refractivity contribution < 1.29 is 9.26 Å². The average Bonchev–Trinajstić information content (AvgIpc) is 3.13. The molecule has 1 saturated heterocycles. The summed E-state index contributed by atoms with van der Waals surface area (Å²) in [6.45, 7) is 2.79. The van der Waals surface area contributed by atoms with Gasteiger partial charge in [0.2, 0.25) is 0 Å². The van der Waals surface area contributed by atoms with Crippen LogP contribution < -0.4 is 10.1 Å². The van der Waals surface area contributed by atoms with Crippen LogP contribution in [-0.2, 0) is 6.42 Å². The van der Waals surface area contributed by atoms with Gasteiger partial charge in [-0.25, -0.2) is 0 Å². The molecule has 116 valence electrons. The normalized spacial score (nSPS) is 25.0. The number of rotatable bonds is 2. The van der Waals surface area contributed by atoms with Gasteiger partial charge in [-0.05, 0) is 30.8 Å². The molecule has 3 heterocycles. The molecule has 1 aromatic carbocycles. The first-order valence-corrected chi connectivity index (χ1v) is 7.78. The minimum atomic E-state index is -0.225. The second-order valence-electron chi connectivity index (χ2n) is 5.75. The van der Waals surface area contributed by atoms with E-state index in [4.69, 9.17) is 20.9 Å². The van der Waals surface area contributed by atoms with Gasteiger partial charge in [-0.2, -0.15) is 4.98 Å². The zero-order valence-electron chi connectivity index (χ0n) is 12.3. The quantitative estimate of drug-likeness (QED) is 0.913. The molecule has 7 heteroatoms. The van der Waals surface area contributed by atoms with Crippen LogP contribution >= 0.6 is 11.6 Å². The number of hydrogen-bond donors (Lipinski definition) is 1. The molecule has 0 radical (unpaired) electrons. The van der Waals surface area contributed by atoms with Crippen molar-refractivity contribution in [3.05, 3.63) is 40.5 Å². The maximum atomic E-state index is 6.02. The predicted molar refractivity (Wildman–Crippen MR) is 81.1 cm³/mol. The van der Waals surface area contributed by atoms with Crippen LogP contribution in [0.5, 0.6) is 5.75 Å². The summed E-state index contributed by atoms with van der Waals surface area (Å²) in [4.78, 5) is 6.79. The molecule has 4 rings (SSSR count). The van der Waals surface area contributed by atoms with Crippen molar-refractivity contribution >= 4 is 11.6 Å². The zero-order chi connectivity index (χ0) is 15.1. The molecule has 6 nitrogen and oxygen atoms in total. The zero-order valence-corrected chi connectivity index (χ0v) is 13.0. The number of nitrogens with one attached hydrogen (secondary N) is 1. The van der Waals surface area contributed by atoms with Gasteiger partial charge >= 0.3 is 0 Å². The van der Waals surface area contributed by atoms with E-state index in [1.807, 2.05) is 18.2 Å². The smallest absolute Gasteiger partial charge is 0.268 e. The highest BCUT2D eigenvalue weighted by Gasteiger charge is 2.32. The number of benzene rings is 1. The molecule has 1 fully saturated rings. The van der Waals surface area contributed by atoms with Gasteiger partial charge in [0, 0.05) is 31.1 Å². The van der Waals surface area contributed by atoms with E-state index in [0.29, 0.717) is 23.2 Å². The van der Waals surface area contributed by atoms with Crippen molar-refractivity contribution in [2.24, 2.45) is 0 Å². The van der Waals surface area contributed by atoms with Gasteiger partial charge in [0.25, 0.3) is 5.89 Å².